The molecule has 20 heavy (non-hydrogen) atoms. The summed E-state index contributed by atoms with van der Waals surface area (Å²) in [6.07, 6.45) is 4.15. The van der Waals surface area contributed by atoms with Crippen molar-refractivity contribution in [2.24, 2.45) is 10.9 Å². The largest absolute Gasteiger partial charge is 0.409 e. The lowest BCUT2D eigenvalue weighted by atomic mass is 10.2. The van der Waals surface area contributed by atoms with Gasteiger partial charge in [-0.15, -0.1) is 0 Å². The second kappa shape index (κ2) is 6.01. The van der Waals surface area contributed by atoms with Crippen LogP contribution in [0.3, 0.4) is 0 Å². The van der Waals surface area contributed by atoms with Gasteiger partial charge in [0.2, 0.25) is 0 Å². The zero-order valence-electron chi connectivity index (χ0n) is 11.2. The molecule has 0 fully saturated rings. The molecule has 0 aliphatic heterocycles. The Morgan fingerprint density at radius 1 is 1.35 bits per heavy atom. The second-order valence-electron chi connectivity index (χ2n) is 4.44. The Bertz CT molecular complexity index is 677. The highest BCUT2D eigenvalue weighted by Crippen LogP contribution is 2.03. The quantitative estimate of drug-likeness (QED) is 0.374. The van der Waals surface area contributed by atoms with Gasteiger partial charge in [-0.05, 0) is 43.2 Å². The minimum absolute atomic E-state index is 0.173. The van der Waals surface area contributed by atoms with Crippen LogP contribution in [0.4, 0.5) is 0 Å². The van der Waals surface area contributed by atoms with E-state index < -0.39 is 0 Å². The van der Waals surface area contributed by atoms with Crippen molar-refractivity contribution >= 4 is 5.84 Å². The maximum Gasteiger partial charge on any atom is 0.261 e. The summed E-state index contributed by atoms with van der Waals surface area (Å²) >= 11 is 0. The first-order chi connectivity index (χ1) is 9.63. The van der Waals surface area contributed by atoms with Crippen LogP contribution >= 0.6 is 0 Å². The fraction of sp³-hybridized carbons (Fsp3) is 0.214. The van der Waals surface area contributed by atoms with Crippen molar-refractivity contribution < 1.29 is 5.21 Å². The molecule has 6 nitrogen and oxygen atoms in total. The maximum atomic E-state index is 12.3. The number of oxime groups is 1. The maximum absolute atomic E-state index is 12.3. The Morgan fingerprint density at radius 3 is 2.70 bits per heavy atom. The van der Waals surface area contributed by atoms with Crippen molar-refractivity contribution in [3.63, 3.8) is 0 Å². The molecule has 2 heterocycles. The minimum atomic E-state index is -0.255. The standard InChI is InChI=1S/C14H16N4O2/c1-10-2-3-12(13(15)17-20)14(19)18(10)9-6-11-4-7-16-8-5-11/h2-5,7-8,20H,6,9H2,1H3,(H2,15,17). The molecular weight excluding hydrogens is 256 g/mol. The molecule has 0 radical (unpaired) electrons. The smallest absolute Gasteiger partial charge is 0.261 e. The lowest BCUT2D eigenvalue weighted by Crippen LogP contribution is -2.31. The van der Waals surface area contributed by atoms with Gasteiger partial charge in [0.1, 0.15) is 0 Å². The zero-order valence-corrected chi connectivity index (χ0v) is 11.2. The third-order valence-electron chi connectivity index (χ3n) is 3.15. The van der Waals surface area contributed by atoms with Gasteiger partial charge in [0.25, 0.3) is 5.56 Å². The number of nitrogens with two attached hydrogens (primary N) is 1. The molecule has 0 aromatic carbocycles. The van der Waals surface area contributed by atoms with Gasteiger partial charge in [0, 0.05) is 24.6 Å². The molecule has 0 saturated heterocycles. The Labute approximate surface area is 116 Å². The predicted octanol–water partition coefficient (Wildman–Crippen LogP) is 0.889. The van der Waals surface area contributed by atoms with Crippen molar-refractivity contribution in [1.29, 1.82) is 0 Å². The number of nitrogens with zero attached hydrogens (tertiary/aromatic N) is 3. The SMILES string of the molecule is Cc1ccc(/C(N)=N/O)c(=O)n1CCc1ccncc1. The molecule has 0 unspecified atom stereocenters. The van der Waals surface area contributed by atoms with Gasteiger partial charge in [-0.3, -0.25) is 9.78 Å². The van der Waals surface area contributed by atoms with Crippen LogP contribution in [0.2, 0.25) is 0 Å². The molecule has 0 amide bonds. The summed E-state index contributed by atoms with van der Waals surface area (Å²) in [5, 5.41) is 11.6. The Kier molecular flexibility index (Phi) is 4.14. The van der Waals surface area contributed by atoms with Crippen molar-refractivity contribution in [2.45, 2.75) is 19.9 Å². The molecule has 6 heteroatoms. The number of pyridine rings is 2. The van der Waals surface area contributed by atoms with Crippen LogP contribution < -0.4 is 11.3 Å². The molecule has 2 aromatic heterocycles. The van der Waals surface area contributed by atoms with Crippen LogP contribution in [0, 0.1) is 6.92 Å². The molecule has 2 aromatic rings. The molecule has 104 valence electrons. The first kappa shape index (κ1) is 13.8. The van der Waals surface area contributed by atoms with Crippen LogP contribution in [-0.2, 0) is 13.0 Å². The number of amidine groups is 1. The molecule has 2 rings (SSSR count). The van der Waals surface area contributed by atoms with Crippen molar-refractivity contribution in [3.8, 4) is 0 Å². The molecule has 0 spiro atoms. The van der Waals surface area contributed by atoms with Crippen molar-refractivity contribution in [3.05, 3.63) is 63.8 Å². The lowest BCUT2D eigenvalue weighted by molar-refractivity contribution is 0.318. The van der Waals surface area contributed by atoms with Crippen LogP contribution in [0.15, 0.2) is 46.6 Å². The highest BCUT2D eigenvalue weighted by Gasteiger charge is 2.10. The molecule has 0 aliphatic carbocycles. The van der Waals surface area contributed by atoms with Gasteiger partial charge in [-0.25, -0.2) is 0 Å². The normalized spacial score (nSPS) is 11.6. The van der Waals surface area contributed by atoms with Crippen LogP contribution in [0.25, 0.3) is 0 Å². The van der Waals surface area contributed by atoms with Crippen molar-refractivity contribution in [2.75, 3.05) is 0 Å². The zero-order chi connectivity index (χ0) is 14.5. The summed E-state index contributed by atoms with van der Waals surface area (Å²) in [7, 11) is 0. The average molecular weight is 272 g/mol. The van der Waals surface area contributed by atoms with Crippen LogP contribution in [0.5, 0.6) is 0 Å². The Hall–Kier alpha value is -2.63. The number of hydrogen-bond acceptors (Lipinski definition) is 4. The number of rotatable bonds is 4. The van der Waals surface area contributed by atoms with E-state index in [0.717, 1.165) is 11.3 Å². The van der Waals surface area contributed by atoms with E-state index >= 15 is 0 Å². The van der Waals surface area contributed by atoms with Crippen LogP contribution in [-0.4, -0.2) is 20.6 Å². The van der Waals surface area contributed by atoms with E-state index in [-0.39, 0.29) is 17.0 Å². The van der Waals surface area contributed by atoms with E-state index in [2.05, 4.69) is 10.1 Å². The average Bonchev–Trinajstić information content (AvgIpc) is 2.47. The Morgan fingerprint density at radius 2 is 2.05 bits per heavy atom. The predicted molar refractivity (Wildman–Crippen MR) is 75.9 cm³/mol. The summed E-state index contributed by atoms with van der Waals surface area (Å²) in [5.41, 5.74) is 7.38. The second-order valence-corrected chi connectivity index (χ2v) is 4.44. The summed E-state index contributed by atoms with van der Waals surface area (Å²) < 4.78 is 1.62. The highest BCUT2D eigenvalue weighted by molar-refractivity contribution is 5.96. The summed E-state index contributed by atoms with van der Waals surface area (Å²) in [6, 6.07) is 7.17. The van der Waals surface area contributed by atoms with Crippen molar-refractivity contribution in [1.82, 2.24) is 9.55 Å². The van der Waals surface area contributed by atoms with E-state index in [1.807, 2.05) is 19.1 Å². The number of aryl methyl sites for hydroxylation is 2. The highest BCUT2D eigenvalue weighted by atomic mass is 16.4. The summed E-state index contributed by atoms with van der Waals surface area (Å²) in [6.45, 7) is 2.38. The third-order valence-corrected chi connectivity index (χ3v) is 3.15. The third kappa shape index (κ3) is 2.85. The molecule has 0 aliphatic rings. The Balaban J connectivity index is 2.30. The fourth-order valence-electron chi connectivity index (χ4n) is 1.99. The minimum Gasteiger partial charge on any atom is -0.409 e. The molecule has 3 N–H and O–H groups in total. The van der Waals surface area contributed by atoms with Gasteiger partial charge in [-0.1, -0.05) is 5.16 Å². The van der Waals surface area contributed by atoms with Gasteiger partial charge in [-0.2, -0.15) is 0 Å². The fourth-order valence-corrected chi connectivity index (χ4v) is 1.99. The first-order valence-corrected chi connectivity index (χ1v) is 6.20. The van der Waals surface area contributed by atoms with E-state index in [1.165, 1.54) is 0 Å². The molecule has 0 bridgehead atoms. The van der Waals surface area contributed by atoms with E-state index in [4.69, 9.17) is 10.9 Å². The first-order valence-electron chi connectivity index (χ1n) is 6.20. The number of hydrogen-bond donors (Lipinski definition) is 2. The van der Waals surface area contributed by atoms with Gasteiger partial charge in [0.05, 0.1) is 5.56 Å². The van der Waals surface area contributed by atoms with E-state index in [1.54, 1.807) is 29.1 Å². The topological polar surface area (TPSA) is 93.5 Å². The van der Waals surface area contributed by atoms with E-state index in [0.29, 0.717) is 13.0 Å². The van der Waals surface area contributed by atoms with Gasteiger partial charge < -0.3 is 15.5 Å². The van der Waals surface area contributed by atoms with Gasteiger partial charge >= 0.3 is 0 Å². The number of aromatic nitrogens is 2. The molecular formula is C14H16N4O2. The summed E-state index contributed by atoms with van der Waals surface area (Å²) in [4.78, 5) is 16.2. The van der Waals surface area contributed by atoms with Gasteiger partial charge in [0.15, 0.2) is 5.84 Å². The molecule has 0 saturated carbocycles. The molecule has 0 atom stereocenters. The lowest BCUT2D eigenvalue weighted by Gasteiger charge is -2.11. The monoisotopic (exact) mass is 272 g/mol. The summed E-state index contributed by atoms with van der Waals surface area (Å²) in [5.74, 6) is -0.173. The van der Waals surface area contributed by atoms with E-state index in [9.17, 15) is 4.79 Å². The van der Waals surface area contributed by atoms with Crippen LogP contribution in [0.1, 0.15) is 16.8 Å².